The molecule has 8 nitrogen and oxygen atoms in total. The van der Waals surface area contributed by atoms with Gasteiger partial charge in [-0.3, -0.25) is 9.69 Å². The molecule has 2 saturated heterocycles. The monoisotopic (exact) mass is 433 g/mol. The summed E-state index contributed by atoms with van der Waals surface area (Å²) in [5, 5.41) is 0. The molecule has 4 rings (SSSR count). The predicted octanol–water partition coefficient (Wildman–Crippen LogP) is 1.64. The molecule has 2 aromatic rings. The maximum Gasteiger partial charge on any atom is 0.274 e. The van der Waals surface area contributed by atoms with Crippen LogP contribution in [0, 0.1) is 0 Å². The molecule has 0 bridgehead atoms. The Morgan fingerprint density at radius 3 is 2.53 bits per heavy atom. The van der Waals surface area contributed by atoms with Crippen molar-refractivity contribution in [3.63, 3.8) is 0 Å². The summed E-state index contributed by atoms with van der Waals surface area (Å²) in [6.07, 6.45) is 4.83. The van der Waals surface area contributed by atoms with E-state index in [1.807, 2.05) is 33.7 Å². The number of aromatic nitrogens is 2. The van der Waals surface area contributed by atoms with E-state index < -0.39 is 10.0 Å². The Morgan fingerprint density at radius 2 is 1.87 bits per heavy atom. The smallest absolute Gasteiger partial charge is 0.274 e. The fraction of sp³-hybridized carbons (Fsp3) is 0.619. The number of sulfonamides is 1. The Morgan fingerprint density at radius 1 is 1.13 bits per heavy atom. The van der Waals surface area contributed by atoms with Gasteiger partial charge in [0.25, 0.3) is 5.91 Å². The summed E-state index contributed by atoms with van der Waals surface area (Å²) < 4.78 is 27.6. The molecule has 2 fully saturated rings. The van der Waals surface area contributed by atoms with Gasteiger partial charge in [-0.25, -0.2) is 17.7 Å². The Kier molecular flexibility index (Phi) is 5.87. The third-order valence-electron chi connectivity index (χ3n) is 6.33. The van der Waals surface area contributed by atoms with Gasteiger partial charge in [-0.2, -0.15) is 0 Å². The number of amides is 1. The Bertz CT molecular complexity index is 1020. The molecule has 2 aliphatic rings. The molecule has 0 saturated carbocycles. The first-order valence-electron chi connectivity index (χ1n) is 10.7. The van der Waals surface area contributed by atoms with Gasteiger partial charge in [0.1, 0.15) is 5.82 Å². The standard InChI is InChI=1S/C21H31N5O3S/c1-16(2)23-11-13-24(14-12-23)21(27)19-18-8-4-5-10-26(18)20(22-19)17-7-6-9-25(15-17)30(3,28)29/h4-5,8,10,16-17H,6-7,9,11-15H2,1-3H3/t17-/m0/s1. The van der Waals surface area contributed by atoms with Crippen molar-refractivity contribution in [1.82, 2.24) is 23.5 Å². The lowest BCUT2D eigenvalue weighted by Crippen LogP contribution is -2.50. The zero-order valence-electron chi connectivity index (χ0n) is 18.0. The molecule has 30 heavy (non-hydrogen) atoms. The van der Waals surface area contributed by atoms with Crippen LogP contribution in [-0.2, 0) is 10.0 Å². The summed E-state index contributed by atoms with van der Waals surface area (Å²) in [7, 11) is -3.24. The molecule has 164 valence electrons. The molecule has 4 heterocycles. The van der Waals surface area contributed by atoms with Crippen LogP contribution in [0.25, 0.3) is 5.52 Å². The van der Waals surface area contributed by atoms with E-state index in [1.54, 1.807) is 0 Å². The number of imidazole rings is 1. The lowest BCUT2D eigenvalue weighted by atomic mass is 9.99. The van der Waals surface area contributed by atoms with E-state index in [1.165, 1.54) is 10.6 Å². The van der Waals surface area contributed by atoms with Gasteiger partial charge >= 0.3 is 0 Å². The van der Waals surface area contributed by atoms with Crippen LogP contribution in [0.5, 0.6) is 0 Å². The zero-order valence-corrected chi connectivity index (χ0v) is 18.8. The third kappa shape index (κ3) is 4.10. The molecule has 0 radical (unpaired) electrons. The van der Waals surface area contributed by atoms with Crippen molar-refractivity contribution in [2.45, 2.75) is 38.6 Å². The summed E-state index contributed by atoms with van der Waals surface area (Å²) >= 11 is 0. The van der Waals surface area contributed by atoms with Crippen LogP contribution in [0.3, 0.4) is 0 Å². The summed E-state index contributed by atoms with van der Waals surface area (Å²) in [5.41, 5.74) is 1.26. The molecular formula is C21H31N5O3S. The van der Waals surface area contributed by atoms with E-state index in [-0.39, 0.29) is 11.8 Å². The first-order chi connectivity index (χ1) is 14.3. The first-order valence-corrected chi connectivity index (χ1v) is 12.6. The minimum absolute atomic E-state index is 0.0253. The van der Waals surface area contributed by atoms with Crippen LogP contribution in [0.15, 0.2) is 24.4 Å². The van der Waals surface area contributed by atoms with Gasteiger partial charge in [-0.05, 0) is 38.8 Å². The lowest BCUT2D eigenvalue weighted by Gasteiger charge is -2.36. The number of pyridine rings is 1. The van der Waals surface area contributed by atoms with Crippen molar-refractivity contribution in [2.24, 2.45) is 0 Å². The van der Waals surface area contributed by atoms with E-state index in [0.29, 0.717) is 37.9 Å². The quantitative estimate of drug-likeness (QED) is 0.733. The minimum Gasteiger partial charge on any atom is -0.335 e. The van der Waals surface area contributed by atoms with Gasteiger partial charge in [0.15, 0.2) is 5.69 Å². The van der Waals surface area contributed by atoms with Crippen LogP contribution in [0.2, 0.25) is 0 Å². The van der Waals surface area contributed by atoms with Crippen LogP contribution >= 0.6 is 0 Å². The van der Waals surface area contributed by atoms with Crippen molar-refractivity contribution < 1.29 is 13.2 Å². The topological polar surface area (TPSA) is 78.2 Å². The molecule has 0 aliphatic carbocycles. The molecule has 0 spiro atoms. The van der Waals surface area contributed by atoms with Gasteiger partial charge in [0, 0.05) is 57.4 Å². The molecule has 1 amide bonds. The van der Waals surface area contributed by atoms with Gasteiger partial charge in [0.05, 0.1) is 11.8 Å². The van der Waals surface area contributed by atoms with Crippen LogP contribution in [0.1, 0.15) is 48.9 Å². The maximum absolute atomic E-state index is 13.3. The molecule has 1 atom stereocenters. The second kappa shape index (κ2) is 8.28. The number of fused-ring (bicyclic) bond motifs is 1. The molecule has 2 aliphatic heterocycles. The van der Waals surface area contributed by atoms with Crippen molar-refractivity contribution in [3.8, 4) is 0 Å². The van der Waals surface area contributed by atoms with E-state index in [0.717, 1.165) is 37.3 Å². The van der Waals surface area contributed by atoms with Gasteiger partial charge in [-0.1, -0.05) is 6.07 Å². The van der Waals surface area contributed by atoms with Gasteiger partial charge < -0.3 is 9.30 Å². The van der Waals surface area contributed by atoms with E-state index in [9.17, 15) is 13.2 Å². The van der Waals surface area contributed by atoms with Crippen LogP contribution < -0.4 is 0 Å². The minimum atomic E-state index is -3.24. The van der Waals surface area contributed by atoms with E-state index in [4.69, 9.17) is 4.98 Å². The highest BCUT2D eigenvalue weighted by Gasteiger charge is 2.32. The van der Waals surface area contributed by atoms with Gasteiger partial charge in [0.2, 0.25) is 10.0 Å². The van der Waals surface area contributed by atoms with Gasteiger partial charge in [-0.15, -0.1) is 0 Å². The highest BCUT2D eigenvalue weighted by Crippen LogP contribution is 2.29. The lowest BCUT2D eigenvalue weighted by molar-refractivity contribution is 0.0592. The maximum atomic E-state index is 13.3. The molecular weight excluding hydrogens is 402 g/mol. The number of piperazine rings is 1. The number of carbonyl (C=O) groups is 1. The summed E-state index contributed by atoms with van der Waals surface area (Å²) in [6, 6.07) is 6.24. The number of nitrogens with zero attached hydrogens (tertiary/aromatic N) is 5. The molecule has 0 unspecified atom stereocenters. The van der Waals surface area contributed by atoms with Crippen molar-refractivity contribution in [1.29, 1.82) is 0 Å². The van der Waals surface area contributed by atoms with Crippen molar-refractivity contribution >= 4 is 21.4 Å². The highest BCUT2D eigenvalue weighted by molar-refractivity contribution is 7.88. The number of carbonyl (C=O) groups excluding carboxylic acids is 1. The second-order valence-electron chi connectivity index (χ2n) is 8.66. The normalized spacial score (nSPS) is 22.1. The van der Waals surface area contributed by atoms with Crippen molar-refractivity contribution in [3.05, 3.63) is 35.9 Å². The average molecular weight is 434 g/mol. The summed E-state index contributed by atoms with van der Waals surface area (Å²) in [6.45, 7) is 8.44. The fourth-order valence-corrected chi connectivity index (χ4v) is 5.46. The first kappa shape index (κ1) is 21.3. The molecule has 2 aromatic heterocycles. The Balaban J connectivity index is 1.62. The number of hydrogen-bond donors (Lipinski definition) is 0. The molecule has 9 heteroatoms. The number of hydrogen-bond acceptors (Lipinski definition) is 5. The number of piperidine rings is 1. The fourth-order valence-electron chi connectivity index (χ4n) is 4.55. The molecule has 0 N–H and O–H groups in total. The highest BCUT2D eigenvalue weighted by atomic mass is 32.2. The zero-order chi connectivity index (χ0) is 21.5. The van der Waals surface area contributed by atoms with Crippen molar-refractivity contribution in [2.75, 3.05) is 45.5 Å². The number of rotatable bonds is 4. The summed E-state index contributed by atoms with van der Waals surface area (Å²) in [5.74, 6) is 0.718. The Labute approximate surface area is 178 Å². The largest absolute Gasteiger partial charge is 0.335 e. The average Bonchev–Trinajstić information content (AvgIpc) is 3.12. The van der Waals surface area contributed by atoms with Crippen LogP contribution in [0.4, 0.5) is 0 Å². The predicted molar refractivity (Wildman–Crippen MR) is 116 cm³/mol. The Hall–Kier alpha value is -1.97. The molecule has 0 aromatic carbocycles. The summed E-state index contributed by atoms with van der Waals surface area (Å²) in [4.78, 5) is 22.4. The third-order valence-corrected chi connectivity index (χ3v) is 7.60. The van der Waals surface area contributed by atoms with E-state index in [2.05, 4.69) is 18.7 Å². The SMILES string of the molecule is CC(C)N1CCN(C(=O)c2nc([C@H]3CCCN(S(C)(=O)=O)C3)n3ccccc23)CC1. The van der Waals surface area contributed by atoms with E-state index >= 15 is 0 Å². The second-order valence-corrected chi connectivity index (χ2v) is 10.6. The van der Waals surface area contributed by atoms with Crippen LogP contribution in [-0.4, -0.2) is 89.4 Å².